The summed E-state index contributed by atoms with van der Waals surface area (Å²) in [4.78, 5) is 0. The topological polar surface area (TPSA) is 211 Å². The van der Waals surface area contributed by atoms with E-state index in [4.69, 9.17) is 28.0 Å². The minimum Gasteiger partial charge on any atom is -0.369 e. The largest absolute Gasteiger partial charge is 0.369 e. The molecule has 0 rings (SSSR count). The summed E-state index contributed by atoms with van der Waals surface area (Å²) in [6, 6.07) is 0. The Labute approximate surface area is 62.7 Å². The fourth-order valence-electron chi connectivity index (χ4n) is 0. The third kappa shape index (κ3) is 6440. The van der Waals surface area contributed by atoms with Gasteiger partial charge in [0.25, 0.3) is 0 Å². The zero-order chi connectivity index (χ0) is 7.15. The van der Waals surface area contributed by atoms with Gasteiger partial charge >= 0.3 is 0 Å². The molecular weight excluding hydrogens is 195 g/mol. The summed E-state index contributed by atoms with van der Waals surface area (Å²) in [5, 5.41) is 0. The zero-order valence-corrected chi connectivity index (χ0v) is 6.72. The third-order valence-electron chi connectivity index (χ3n) is 0. The molecule has 0 spiro atoms. The van der Waals surface area contributed by atoms with Crippen molar-refractivity contribution in [2.75, 3.05) is 0 Å². The molecule has 0 saturated heterocycles. The summed E-state index contributed by atoms with van der Waals surface area (Å²) in [7, 11) is -5.70. The van der Waals surface area contributed by atoms with Crippen molar-refractivity contribution >= 4 is 0 Å². The second-order valence-electron chi connectivity index (χ2n) is 0.378. The van der Waals surface area contributed by atoms with E-state index in [9.17, 15) is 0 Å². The molecule has 0 aromatic rings. The van der Waals surface area contributed by atoms with Gasteiger partial charge in [0.05, 0.1) is 21.6 Å². The van der Waals surface area contributed by atoms with Crippen LogP contribution in [0.15, 0.2) is 0 Å². The normalized spacial score (nSPS) is 7.20. The van der Waals surface area contributed by atoms with Crippen molar-refractivity contribution in [3.8, 4) is 0 Å². The molecule has 0 saturated carbocycles. The van der Waals surface area contributed by atoms with E-state index in [1.807, 2.05) is 0 Å². The first-order chi connectivity index (χ1) is 3.46. The summed E-state index contributed by atoms with van der Waals surface area (Å²) in [5.74, 6) is 0. The maximum Gasteiger partial charge on any atom is 0.0695 e. The van der Waals surface area contributed by atoms with Gasteiger partial charge in [-0.2, -0.15) is 0 Å². The number of quaternary nitrogens is 2. The Balaban J connectivity index is -0.0000000300. The number of hydrogen-bond donors (Lipinski definition) is 2. The van der Waals surface area contributed by atoms with Crippen LogP contribution in [0.1, 0.15) is 0 Å². The average molecular weight is 203 g/mol. The highest BCUT2D eigenvalue weighted by Gasteiger charge is 1.61. The molecule has 68 valence electrons. The van der Waals surface area contributed by atoms with Crippen LogP contribution < -0.4 is 40.3 Å². The number of halogens is 2. The first kappa shape index (κ1) is 22.5. The number of hydrogen-bond acceptors (Lipinski definition) is 6. The zero-order valence-electron chi connectivity index (χ0n) is 5.21. The highest BCUT2D eigenvalue weighted by molar-refractivity contribution is 2.14. The van der Waals surface area contributed by atoms with Crippen LogP contribution in [0.4, 0.5) is 0 Å². The lowest BCUT2D eigenvalue weighted by molar-refractivity contribution is -1.73. The van der Waals surface area contributed by atoms with Crippen LogP contribution in [0, 0.1) is 21.6 Å². The van der Waals surface area contributed by atoms with Crippen molar-refractivity contribution in [2.24, 2.45) is 0 Å². The van der Waals surface area contributed by atoms with E-state index in [0.29, 0.717) is 0 Å². The molecule has 0 atom stereocenters. The standard InChI is InChI=1S/2ClO3.2H3N/c2*2-1(3)4;;/h;;2*1H3/q2*-1;;/p+2. The van der Waals surface area contributed by atoms with Gasteiger partial charge in [-0.15, -0.1) is 0 Å². The monoisotopic (exact) mass is 202 g/mol. The predicted molar refractivity (Wildman–Crippen MR) is 12.0 cm³/mol. The molecule has 0 amide bonds. The Morgan fingerprint density at radius 1 is 0.500 bits per heavy atom. The molecule has 0 bridgehead atoms. The smallest absolute Gasteiger partial charge is 0.0695 e. The van der Waals surface area contributed by atoms with Crippen LogP contribution in [-0.2, 0) is 0 Å². The summed E-state index contributed by atoms with van der Waals surface area (Å²) in [6.45, 7) is 0. The third-order valence-corrected chi connectivity index (χ3v) is 0. The summed E-state index contributed by atoms with van der Waals surface area (Å²) >= 11 is 0. The minimum atomic E-state index is -2.85. The second-order valence-corrected chi connectivity index (χ2v) is 1.13. The van der Waals surface area contributed by atoms with Gasteiger partial charge in [0, 0.05) is 0 Å². The van der Waals surface area contributed by atoms with Gasteiger partial charge in [0.1, 0.15) is 0 Å². The van der Waals surface area contributed by atoms with Crippen molar-refractivity contribution in [2.45, 2.75) is 0 Å². The van der Waals surface area contributed by atoms with E-state index in [0.717, 1.165) is 0 Å². The Hall–Kier alpha value is 0.260. The molecule has 0 radical (unpaired) electrons. The molecule has 0 heterocycles. The van der Waals surface area contributed by atoms with E-state index in [1.54, 1.807) is 0 Å². The molecule has 10 heteroatoms. The summed E-state index contributed by atoms with van der Waals surface area (Å²) < 4.78 is 50.4. The van der Waals surface area contributed by atoms with Gasteiger partial charge in [-0.25, -0.2) is 0 Å². The van der Waals surface area contributed by atoms with Gasteiger partial charge in [-0.3, -0.25) is 0 Å². The van der Waals surface area contributed by atoms with Crippen molar-refractivity contribution in [3.05, 3.63) is 0 Å². The molecule has 0 aromatic heterocycles. The van der Waals surface area contributed by atoms with Crippen LogP contribution >= 0.6 is 0 Å². The predicted octanol–water partition coefficient (Wildman–Crippen LogP) is -6.38. The highest BCUT2D eigenvalue weighted by atomic mass is 35.6. The van der Waals surface area contributed by atoms with Gasteiger partial charge in [0.2, 0.25) is 0 Å². The van der Waals surface area contributed by atoms with Crippen LogP contribution in [0.5, 0.6) is 0 Å². The molecule has 0 aliphatic carbocycles. The lowest BCUT2D eigenvalue weighted by Gasteiger charge is -1.89. The van der Waals surface area contributed by atoms with Crippen molar-refractivity contribution in [1.82, 2.24) is 12.3 Å². The fraction of sp³-hybridized carbons (Fsp3) is 0. The Kier molecular flexibility index (Phi) is 36.2. The summed E-state index contributed by atoms with van der Waals surface area (Å²) in [6.07, 6.45) is 0. The van der Waals surface area contributed by atoms with Gasteiger partial charge in [-0.1, -0.05) is 0 Å². The van der Waals surface area contributed by atoms with Crippen molar-refractivity contribution in [1.29, 1.82) is 0 Å². The highest BCUT2D eigenvalue weighted by Crippen LogP contribution is 1.24. The minimum absolute atomic E-state index is 0. The maximum atomic E-state index is 8.41. The van der Waals surface area contributed by atoms with Crippen LogP contribution in [0.3, 0.4) is 0 Å². The van der Waals surface area contributed by atoms with Crippen molar-refractivity contribution in [3.63, 3.8) is 0 Å². The second kappa shape index (κ2) is 16.1. The summed E-state index contributed by atoms with van der Waals surface area (Å²) in [5.41, 5.74) is 0. The first-order valence-corrected chi connectivity index (χ1v) is 2.78. The number of rotatable bonds is 0. The molecule has 10 heavy (non-hydrogen) atoms. The lowest BCUT2D eigenvalue weighted by atomic mass is 14.0. The first-order valence-electron chi connectivity index (χ1n) is 0.926. The molecule has 0 aliphatic heterocycles. The molecule has 0 unspecified atom stereocenters. The van der Waals surface area contributed by atoms with Crippen LogP contribution in [-0.4, -0.2) is 0 Å². The van der Waals surface area contributed by atoms with Crippen molar-refractivity contribution < 1.29 is 49.5 Å². The Morgan fingerprint density at radius 2 is 0.500 bits per heavy atom. The molecule has 0 aromatic carbocycles. The van der Waals surface area contributed by atoms with E-state index in [-0.39, 0.29) is 12.3 Å². The van der Waals surface area contributed by atoms with Gasteiger partial charge in [0.15, 0.2) is 0 Å². The van der Waals surface area contributed by atoms with Gasteiger partial charge in [-0.05, 0) is 0 Å². The molecule has 0 aliphatic rings. The maximum absolute atomic E-state index is 8.41. The average Bonchev–Trinajstić information content (AvgIpc) is 1.25. The SMILES string of the molecule is [NH4+].[NH4+].[O-][Cl+2]([O-])[O-].[O-][Cl+2]([O-])[O-]. The van der Waals surface area contributed by atoms with E-state index in [2.05, 4.69) is 0 Å². The Bertz CT molecular complexity index is 29.2. The van der Waals surface area contributed by atoms with Crippen LogP contribution in [0.25, 0.3) is 0 Å². The van der Waals surface area contributed by atoms with E-state index in [1.165, 1.54) is 0 Å². The lowest BCUT2D eigenvalue weighted by Crippen LogP contribution is -2.43. The molecule has 8 N–H and O–H groups in total. The van der Waals surface area contributed by atoms with E-state index < -0.39 is 21.6 Å². The van der Waals surface area contributed by atoms with Gasteiger partial charge < -0.3 is 40.3 Å². The molecule has 8 nitrogen and oxygen atoms in total. The van der Waals surface area contributed by atoms with Crippen LogP contribution in [0.2, 0.25) is 0 Å². The Morgan fingerprint density at radius 3 is 0.500 bits per heavy atom. The molecule has 0 fully saturated rings. The van der Waals surface area contributed by atoms with E-state index >= 15 is 0 Å². The molecular formula is H8Cl2N2O6. The quantitative estimate of drug-likeness (QED) is 0.390. The fourth-order valence-corrected chi connectivity index (χ4v) is 0.